The second-order valence-electron chi connectivity index (χ2n) is 6.20. The first-order valence-corrected chi connectivity index (χ1v) is 9.04. The van der Waals surface area contributed by atoms with E-state index in [1.807, 2.05) is 30.5 Å². The van der Waals surface area contributed by atoms with E-state index in [9.17, 15) is 9.59 Å². The molecule has 2 amide bonds. The third-order valence-corrected chi connectivity index (χ3v) is 4.32. The Morgan fingerprint density at radius 2 is 1.96 bits per heavy atom. The molecular weight excluding hydrogens is 358 g/mol. The Balaban J connectivity index is 1.81. The number of para-hydroxylation sites is 1. The molecule has 0 saturated carbocycles. The number of hydrogen-bond donors (Lipinski definition) is 3. The summed E-state index contributed by atoms with van der Waals surface area (Å²) in [4.78, 5) is 28.0. The van der Waals surface area contributed by atoms with Gasteiger partial charge in [0.15, 0.2) is 0 Å². The van der Waals surface area contributed by atoms with Gasteiger partial charge in [-0.2, -0.15) is 0 Å². The van der Waals surface area contributed by atoms with Crippen molar-refractivity contribution in [1.29, 1.82) is 0 Å². The van der Waals surface area contributed by atoms with Gasteiger partial charge in [0.05, 0.1) is 13.7 Å². The highest BCUT2D eigenvalue weighted by molar-refractivity contribution is 5.97. The van der Waals surface area contributed by atoms with Gasteiger partial charge in [-0.05, 0) is 30.7 Å². The van der Waals surface area contributed by atoms with E-state index < -0.39 is 12.1 Å². The fourth-order valence-electron chi connectivity index (χ4n) is 2.97. The normalized spacial score (nSPS) is 11.6. The van der Waals surface area contributed by atoms with Crippen LogP contribution in [0.1, 0.15) is 12.5 Å². The van der Waals surface area contributed by atoms with Gasteiger partial charge in [-0.3, -0.25) is 4.79 Å². The van der Waals surface area contributed by atoms with Gasteiger partial charge in [-0.15, -0.1) is 0 Å². The lowest BCUT2D eigenvalue weighted by atomic mass is 10.0. The fraction of sp³-hybridized carbons (Fsp3) is 0.238. The van der Waals surface area contributed by atoms with Crippen molar-refractivity contribution >= 4 is 28.6 Å². The number of carbonyl (C=O) groups excluding carboxylic acids is 2. The lowest BCUT2D eigenvalue weighted by Crippen LogP contribution is -2.45. The summed E-state index contributed by atoms with van der Waals surface area (Å²) in [5.41, 5.74) is 2.48. The molecule has 1 aromatic heterocycles. The van der Waals surface area contributed by atoms with Crippen LogP contribution in [0.3, 0.4) is 0 Å². The molecule has 2 aromatic carbocycles. The molecule has 0 aliphatic carbocycles. The Labute approximate surface area is 163 Å². The van der Waals surface area contributed by atoms with Crippen LogP contribution in [-0.2, 0) is 16.0 Å². The van der Waals surface area contributed by atoms with E-state index in [0.717, 1.165) is 16.5 Å². The van der Waals surface area contributed by atoms with Crippen molar-refractivity contribution in [3.05, 3.63) is 60.3 Å². The summed E-state index contributed by atoms with van der Waals surface area (Å²) in [7, 11) is 1.56. The van der Waals surface area contributed by atoms with Gasteiger partial charge >= 0.3 is 6.09 Å². The zero-order valence-corrected chi connectivity index (χ0v) is 15.8. The molecule has 0 saturated heterocycles. The molecule has 3 rings (SSSR count). The maximum absolute atomic E-state index is 12.9. The van der Waals surface area contributed by atoms with Crippen LogP contribution >= 0.6 is 0 Å². The summed E-state index contributed by atoms with van der Waals surface area (Å²) < 4.78 is 10.1. The van der Waals surface area contributed by atoms with Gasteiger partial charge in [-0.25, -0.2) is 4.79 Å². The lowest BCUT2D eigenvalue weighted by molar-refractivity contribution is -0.118. The van der Waals surface area contributed by atoms with Crippen molar-refractivity contribution in [2.24, 2.45) is 0 Å². The van der Waals surface area contributed by atoms with Crippen LogP contribution in [0.4, 0.5) is 10.5 Å². The Kier molecular flexibility index (Phi) is 6.16. The first kappa shape index (κ1) is 19.3. The second-order valence-corrected chi connectivity index (χ2v) is 6.20. The number of aromatic nitrogens is 1. The number of nitrogens with one attached hydrogen (secondary N) is 3. The van der Waals surface area contributed by atoms with Gasteiger partial charge in [0, 0.05) is 35.3 Å². The van der Waals surface area contributed by atoms with Crippen LogP contribution in [0.25, 0.3) is 10.9 Å². The molecule has 7 heteroatoms. The molecule has 0 bridgehead atoms. The minimum atomic E-state index is -0.801. The Hall–Kier alpha value is -3.48. The topological polar surface area (TPSA) is 92.5 Å². The Morgan fingerprint density at radius 1 is 1.14 bits per heavy atom. The minimum Gasteiger partial charge on any atom is -0.497 e. The summed E-state index contributed by atoms with van der Waals surface area (Å²) >= 11 is 0. The number of anilines is 1. The van der Waals surface area contributed by atoms with Gasteiger partial charge < -0.3 is 25.1 Å². The predicted octanol–water partition coefficient (Wildman–Crippen LogP) is 3.47. The number of benzene rings is 2. The van der Waals surface area contributed by atoms with Gasteiger partial charge in [0.2, 0.25) is 5.91 Å². The standard InChI is InChI=1S/C21H23N3O4/c1-3-28-21(26)24-19(11-14-13-22-18-10-5-4-9-17(14)18)20(25)23-15-7-6-8-16(12-15)27-2/h4-10,12-13,19,22H,3,11H2,1-2H3,(H,23,25)(H,24,26)/t19-/m1/s1. The number of ether oxygens (including phenoxy) is 2. The third kappa shape index (κ3) is 4.62. The number of rotatable bonds is 7. The van der Waals surface area contributed by atoms with Crippen molar-refractivity contribution in [3.8, 4) is 5.75 Å². The number of amides is 2. The average molecular weight is 381 g/mol. The van der Waals surface area contributed by atoms with Crippen molar-refractivity contribution in [1.82, 2.24) is 10.3 Å². The molecule has 0 aliphatic rings. The molecule has 0 fully saturated rings. The summed E-state index contributed by atoms with van der Waals surface area (Å²) in [5.74, 6) is 0.288. The molecular formula is C21H23N3O4. The van der Waals surface area contributed by atoms with Crippen LogP contribution in [0.2, 0.25) is 0 Å². The summed E-state index contributed by atoms with van der Waals surface area (Å²) in [6.45, 7) is 1.94. The molecule has 1 atom stereocenters. The van der Waals surface area contributed by atoms with E-state index in [0.29, 0.717) is 17.9 Å². The largest absolute Gasteiger partial charge is 0.497 e. The summed E-state index contributed by atoms with van der Waals surface area (Å²) in [6, 6.07) is 14.0. The number of H-pyrrole nitrogens is 1. The van der Waals surface area contributed by atoms with Crippen molar-refractivity contribution in [2.75, 3.05) is 19.0 Å². The average Bonchev–Trinajstić information content (AvgIpc) is 3.11. The van der Waals surface area contributed by atoms with Crippen LogP contribution in [0.15, 0.2) is 54.7 Å². The highest BCUT2D eigenvalue weighted by atomic mass is 16.5. The molecule has 146 valence electrons. The monoisotopic (exact) mass is 381 g/mol. The number of fused-ring (bicyclic) bond motifs is 1. The minimum absolute atomic E-state index is 0.225. The molecule has 0 unspecified atom stereocenters. The quantitative estimate of drug-likeness (QED) is 0.584. The van der Waals surface area contributed by atoms with E-state index in [1.54, 1.807) is 38.3 Å². The smallest absolute Gasteiger partial charge is 0.407 e. The lowest BCUT2D eigenvalue weighted by Gasteiger charge is -2.18. The molecule has 0 radical (unpaired) electrons. The van der Waals surface area contributed by atoms with Crippen molar-refractivity contribution < 1.29 is 19.1 Å². The summed E-state index contributed by atoms with van der Waals surface area (Å²) in [6.07, 6.45) is 1.54. The number of carbonyl (C=O) groups is 2. The highest BCUT2D eigenvalue weighted by Crippen LogP contribution is 2.21. The van der Waals surface area contributed by atoms with Crippen molar-refractivity contribution in [2.45, 2.75) is 19.4 Å². The van der Waals surface area contributed by atoms with Gasteiger partial charge in [0.1, 0.15) is 11.8 Å². The van der Waals surface area contributed by atoms with Gasteiger partial charge in [-0.1, -0.05) is 24.3 Å². The zero-order valence-electron chi connectivity index (χ0n) is 15.8. The molecule has 7 nitrogen and oxygen atoms in total. The maximum atomic E-state index is 12.9. The molecule has 3 aromatic rings. The second kappa shape index (κ2) is 8.94. The van der Waals surface area contributed by atoms with E-state index in [-0.39, 0.29) is 12.5 Å². The van der Waals surface area contributed by atoms with Crippen LogP contribution in [0, 0.1) is 0 Å². The highest BCUT2D eigenvalue weighted by Gasteiger charge is 2.23. The first-order chi connectivity index (χ1) is 13.6. The number of methoxy groups -OCH3 is 1. The molecule has 0 aliphatic heterocycles. The summed E-state index contributed by atoms with van der Waals surface area (Å²) in [5, 5.41) is 6.48. The molecule has 0 spiro atoms. The maximum Gasteiger partial charge on any atom is 0.407 e. The van der Waals surface area contributed by atoms with Crippen LogP contribution in [0.5, 0.6) is 5.75 Å². The number of alkyl carbamates (subject to hydrolysis) is 1. The molecule has 1 heterocycles. The third-order valence-electron chi connectivity index (χ3n) is 4.32. The van der Waals surface area contributed by atoms with Crippen molar-refractivity contribution in [3.63, 3.8) is 0 Å². The fourth-order valence-corrected chi connectivity index (χ4v) is 2.97. The zero-order chi connectivity index (χ0) is 19.9. The van der Waals surface area contributed by atoms with Crippen LogP contribution < -0.4 is 15.4 Å². The van der Waals surface area contributed by atoms with E-state index in [1.165, 1.54) is 0 Å². The van der Waals surface area contributed by atoms with E-state index >= 15 is 0 Å². The SMILES string of the molecule is CCOC(=O)N[C@H](Cc1c[nH]c2ccccc12)C(=O)Nc1cccc(OC)c1. The van der Waals surface area contributed by atoms with Crippen LogP contribution in [-0.4, -0.2) is 36.7 Å². The first-order valence-electron chi connectivity index (χ1n) is 9.04. The number of hydrogen-bond acceptors (Lipinski definition) is 4. The molecule has 28 heavy (non-hydrogen) atoms. The molecule has 3 N–H and O–H groups in total. The number of aromatic amines is 1. The Bertz CT molecular complexity index is 967. The predicted molar refractivity (Wildman–Crippen MR) is 108 cm³/mol. The Morgan fingerprint density at radius 3 is 2.75 bits per heavy atom. The van der Waals surface area contributed by atoms with E-state index in [2.05, 4.69) is 15.6 Å². The van der Waals surface area contributed by atoms with Gasteiger partial charge in [0.25, 0.3) is 0 Å². The van der Waals surface area contributed by atoms with E-state index in [4.69, 9.17) is 9.47 Å².